The number of carbonyl (C=O) groups excluding carboxylic acids is 1. The van der Waals surface area contributed by atoms with Gasteiger partial charge in [-0.25, -0.2) is 22.9 Å². The van der Waals surface area contributed by atoms with Crippen molar-refractivity contribution < 1.29 is 32.6 Å². The molecular weight excluding hydrogens is 582 g/mol. The summed E-state index contributed by atoms with van der Waals surface area (Å²) in [5, 5.41) is 11.9. The Morgan fingerprint density at radius 3 is 2.27 bits per heavy atom. The van der Waals surface area contributed by atoms with Gasteiger partial charge in [-0.2, -0.15) is 0 Å². The highest BCUT2D eigenvalue weighted by atomic mass is 32.2. The summed E-state index contributed by atoms with van der Waals surface area (Å²) in [6.07, 6.45) is 4.15. The molecule has 0 spiro atoms. The standard InChI is InChI=1S/C33H33N3O7S/c1-21-7-8-22(2)30(19-21)44(40,41)36-24-10-12-25(13-11-24)42-26-14-16-27(17-15-26)43-31-18-9-23(20-34-31)32(37)35-29-6-4-3-5-28(29)33(38)39/h3-9,14-20,24-25,36H,10-13H2,1-2H3,(H,35,37)(H,38,39). The summed E-state index contributed by atoms with van der Waals surface area (Å²) < 4.78 is 40.7. The molecule has 3 aromatic carbocycles. The molecule has 1 aliphatic carbocycles. The summed E-state index contributed by atoms with van der Waals surface area (Å²) in [5.74, 6) is -0.142. The van der Waals surface area contributed by atoms with Crippen molar-refractivity contribution in [3.63, 3.8) is 0 Å². The van der Waals surface area contributed by atoms with Crippen LogP contribution in [-0.2, 0) is 10.0 Å². The number of amides is 1. The van der Waals surface area contributed by atoms with Gasteiger partial charge in [0.1, 0.15) is 11.5 Å². The SMILES string of the molecule is Cc1ccc(C)c(S(=O)(=O)NC2CCC(Oc3ccc(Oc4ccc(C(=O)Nc5ccccc5C(=O)O)cn4)cc3)CC2)c1. The van der Waals surface area contributed by atoms with Gasteiger partial charge in [0.15, 0.2) is 0 Å². The second kappa shape index (κ2) is 13.3. The second-order valence-electron chi connectivity index (χ2n) is 10.7. The minimum Gasteiger partial charge on any atom is -0.490 e. The number of rotatable bonds is 10. The highest BCUT2D eigenvalue weighted by molar-refractivity contribution is 7.89. The van der Waals surface area contributed by atoms with Crippen LogP contribution >= 0.6 is 0 Å². The zero-order chi connectivity index (χ0) is 31.3. The Morgan fingerprint density at radius 2 is 1.59 bits per heavy atom. The lowest BCUT2D eigenvalue weighted by atomic mass is 9.94. The smallest absolute Gasteiger partial charge is 0.337 e. The third-order valence-corrected chi connectivity index (χ3v) is 9.04. The number of nitrogens with one attached hydrogen (secondary N) is 2. The number of nitrogens with zero attached hydrogens (tertiary/aromatic N) is 1. The first-order valence-corrected chi connectivity index (χ1v) is 15.7. The van der Waals surface area contributed by atoms with Crippen molar-refractivity contribution >= 4 is 27.6 Å². The van der Waals surface area contributed by atoms with Crippen LogP contribution in [0.25, 0.3) is 0 Å². The summed E-state index contributed by atoms with van der Waals surface area (Å²) in [6.45, 7) is 3.68. The molecule has 0 bridgehead atoms. The fraction of sp³-hybridized carbons (Fsp3) is 0.242. The molecule has 10 nitrogen and oxygen atoms in total. The summed E-state index contributed by atoms with van der Waals surface area (Å²) in [5.41, 5.74) is 2.06. The molecule has 0 unspecified atom stereocenters. The third kappa shape index (κ3) is 7.61. The fourth-order valence-corrected chi connectivity index (χ4v) is 6.66. The number of carboxylic acid groups (broad SMARTS) is 1. The molecule has 0 aliphatic heterocycles. The number of benzene rings is 3. The quantitative estimate of drug-likeness (QED) is 0.194. The molecule has 11 heteroatoms. The van der Waals surface area contributed by atoms with E-state index in [9.17, 15) is 23.1 Å². The van der Waals surface area contributed by atoms with Crippen LogP contribution in [0.5, 0.6) is 17.4 Å². The maximum absolute atomic E-state index is 13.0. The Balaban J connectivity index is 1.10. The molecule has 1 amide bonds. The van der Waals surface area contributed by atoms with Crippen LogP contribution in [0.2, 0.25) is 0 Å². The molecule has 44 heavy (non-hydrogen) atoms. The highest BCUT2D eigenvalue weighted by Crippen LogP contribution is 2.28. The van der Waals surface area contributed by atoms with E-state index in [1.807, 2.05) is 19.1 Å². The van der Waals surface area contributed by atoms with Crippen LogP contribution in [0.15, 0.2) is 90.0 Å². The van der Waals surface area contributed by atoms with Crippen molar-refractivity contribution in [2.45, 2.75) is 56.6 Å². The largest absolute Gasteiger partial charge is 0.490 e. The molecule has 1 saturated carbocycles. The van der Waals surface area contributed by atoms with E-state index in [1.165, 1.54) is 24.4 Å². The number of sulfonamides is 1. The lowest BCUT2D eigenvalue weighted by Gasteiger charge is -2.29. The molecule has 228 valence electrons. The monoisotopic (exact) mass is 615 g/mol. The van der Waals surface area contributed by atoms with Crippen LogP contribution in [0.4, 0.5) is 5.69 Å². The van der Waals surface area contributed by atoms with E-state index in [2.05, 4.69) is 15.0 Å². The van der Waals surface area contributed by atoms with Crippen LogP contribution in [-0.4, -0.2) is 42.5 Å². The molecule has 0 atom stereocenters. The average molecular weight is 616 g/mol. The zero-order valence-electron chi connectivity index (χ0n) is 24.3. The first kappa shape index (κ1) is 30.7. The molecule has 1 heterocycles. The molecular formula is C33H33N3O7S. The van der Waals surface area contributed by atoms with Gasteiger partial charge in [-0.3, -0.25) is 4.79 Å². The molecule has 0 radical (unpaired) electrons. The number of anilines is 1. The number of aryl methyl sites for hydroxylation is 2. The van der Waals surface area contributed by atoms with E-state index >= 15 is 0 Å². The topological polar surface area (TPSA) is 144 Å². The average Bonchev–Trinajstić information content (AvgIpc) is 3.00. The Hall–Kier alpha value is -4.74. The molecule has 1 aliphatic rings. The molecule has 5 rings (SSSR count). The number of pyridine rings is 1. The Bertz CT molecular complexity index is 1750. The molecule has 0 saturated heterocycles. The third-order valence-electron chi connectivity index (χ3n) is 7.38. The van der Waals surface area contributed by atoms with E-state index < -0.39 is 21.9 Å². The van der Waals surface area contributed by atoms with E-state index in [0.29, 0.717) is 29.2 Å². The Kier molecular flexibility index (Phi) is 9.26. The first-order valence-electron chi connectivity index (χ1n) is 14.2. The lowest BCUT2D eigenvalue weighted by molar-refractivity contribution is 0.0698. The van der Waals surface area contributed by atoms with Crippen molar-refractivity contribution in [1.82, 2.24) is 9.71 Å². The predicted octanol–water partition coefficient (Wildman–Crippen LogP) is 6.11. The van der Waals surface area contributed by atoms with Gasteiger partial charge in [-0.15, -0.1) is 0 Å². The van der Waals surface area contributed by atoms with Crippen LogP contribution < -0.4 is 19.5 Å². The number of aromatic carboxylic acids is 1. The number of carbonyl (C=O) groups is 2. The van der Waals surface area contributed by atoms with E-state index in [1.54, 1.807) is 55.5 Å². The zero-order valence-corrected chi connectivity index (χ0v) is 25.1. The van der Waals surface area contributed by atoms with Gasteiger partial charge in [0.25, 0.3) is 5.91 Å². The minimum atomic E-state index is -3.59. The summed E-state index contributed by atoms with van der Waals surface area (Å²) >= 11 is 0. The van der Waals surface area contributed by atoms with Crippen molar-refractivity contribution in [2.75, 3.05) is 5.32 Å². The minimum absolute atomic E-state index is 0.00899. The number of hydrogen-bond acceptors (Lipinski definition) is 7. The summed E-state index contributed by atoms with van der Waals surface area (Å²) in [4.78, 5) is 28.5. The Morgan fingerprint density at radius 1 is 0.886 bits per heavy atom. The van der Waals surface area contributed by atoms with Crippen molar-refractivity contribution in [3.05, 3.63) is 107 Å². The number of ether oxygens (including phenoxy) is 2. The van der Waals surface area contributed by atoms with Gasteiger partial charge in [-0.05, 0) is 99.2 Å². The van der Waals surface area contributed by atoms with E-state index in [-0.39, 0.29) is 34.8 Å². The van der Waals surface area contributed by atoms with Crippen LogP contribution in [0.3, 0.4) is 0 Å². The Labute approximate surface area is 256 Å². The number of para-hydroxylation sites is 1. The van der Waals surface area contributed by atoms with Gasteiger partial charge in [0.2, 0.25) is 15.9 Å². The second-order valence-corrected chi connectivity index (χ2v) is 12.4. The first-order chi connectivity index (χ1) is 21.1. The molecule has 4 aromatic rings. The van der Waals surface area contributed by atoms with Crippen molar-refractivity contribution in [3.8, 4) is 17.4 Å². The maximum Gasteiger partial charge on any atom is 0.337 e. The number of hydrogen-bond donors (Lipinski definition) is 3. The van der Waals surface area contributed by atoms with Crippen LogP contribution in [0.1, 0.15) is 57.5 Å². The predicted molar refractivity (Wildman–Crippen MR) is 165 cm³/mol. The normalized spacial score (nSPS) is 16.6. The number of carboxylic acids is 1. The van der Waals surface area contributed by atoms with Gasteiger partial charge in [-0.1, -0.05) is 24.3 Å². The van der Waals surface area contributed by atoms with Gasteiger partial charge in [0, 0.05) is 18.3 Å². The fourth-order valence-electron chi connectivity index (χ4n) is 5.03. The molecule has 3 N–H and O–H groups in total. The van der Waals surface area contributed by atoms with Gasteiger partial charge >= 0.3 is 5.97 Å². The summed E-state index contributed by atoms with van der Waals surface area (Å²) in [6, 6.07) is 21.6. The van der Waals surface area contributed by atoms with Crippen molar-refractivity contribution in [1.29, 1.82) is 0 Å². The van der Waals surface area contributed by atoms with Crippen molar-refractivity contribution in [2.24, 2.45) is 0 Å². The van der Waals surface area contributed by atoms with Crippen LogP contribution in [0, 0.1) is 13.8 Å². The lowest BCUT2D eigenvalue weighted by Crippen LogP contribution is -2.39. The van der Waals surface area contributed by atoms with Gasteiger partial charge < -0.3 is 19.9 Å². The maximum atomic E-state index is 13.0. The van der Waals surface area contributed by atoms with E-state index in [0.717, 1.165) is 24.0 Å². The van der Waals surface area contributed by atoms with Gasteiger partial charge in [0.05, 0.1) is 27.8 Å². The van der Waals surface area contributed by atoms with E-state index in [4.69, 9.17) is 9.47 Å². The summed E-state index contributed by atoms with van der Waals surface area (Å²) in [7, 11) is -3.59. The molecule has 1 aromatic heterocycles. The number of aromatic nitrogens is 1. The molecule has 1 fully saturated rings. The highest BCUT2D eigenvalue weighted by Gasteiger charge is 2.27.